The highest BCUT2D eigenvalue weighted by atomic mass is 31.2. The van der Waals surface area contributed by atoms with E-state index in [1.165, 1.54) is 0 Å². The first-order chi connectivity index (χ1) is 6.46. The molecule has 90 valence electrons. The van der Waals surface area contributed by atoms with Crippen molar-refractivity contribution in [2.24, 2.45) is 0 Å². The van der Waals surface area contributed by atoms with E-state index in [2.05, 4.69) is 4.74 Å². The SMILES string of the molecule is CC(OC(=O)C(F)(F)F)C(O)P(=O)(O)O. The summed E-state index contributed by atoms with van der Waals surface area (Å²) in [4.78, 5) is 26.9. The van der Waals surface area contributed by atoms with Gasteiger partial charge in [-0.05, 0) is 6.92 Å². The molecule has 0 saturated heterocycles. The van der Waals surface area contributed by atoms with Gasteiger partial charge in [0.1, 0.15) is 6.10 Å². The minimum Gasteiger partial charge on any atom is -0.453 e. The molecule has 6 nitrogen and oxygen atoms in total. The molecule has 0 bridgehead atoms. The van der Waals surface area contributed by atoms with Crippen LogP contribution in [-0.2, 0) is 14.1 Å². The Balaban J connectivity index is 4.46. The van der Waals surface area contributed by atoms with Crippen molar-refractivity contribution in [2.45, 2.75) is 25.0 Å². The second-order valence-corrected chi connectivity index (χ2v) is 4.32. The van der Waals surface area contributed by atoms with Crippen molar-refractivity contribution in [3.63, 3.8) is 0 Å². The third-order valence-corrected chi connectivity index (χ3v) is 2.40. The molecule has 0 spiro atoms. The predicted octanol–water partition coefficient (Wildman–Crippen LogP) is -0.0235. The molecule has 15 heavy (non-hydrogen) atoms. The topological polar surface area (TPSA) is 104 Å². The average Bonchev–Trinajstić information content (AvgIpc) is 1.99. The lowest BCUT2D eigenvalue weighted by Gasteiger charge is -2.20. The molecule has 0 aromatic rings. The number of esters is 1. The summed E-state index contributed by atoms with van der Waals surface area (Å²) in [5, 5.41) is 8.76. The Kier molecular flexibility index (Phi) is 4.29. The van der Waals surface area contributed by atoms with Crippen LogP contribution in [-0.4, -0.2) is 39.0 Å². The number of halogens is 3. The van der Waals surface area contributed by atoms with Crippen LogP contribution < -0.4 is 0 Å². The van der Waals surface area contributed by atoms with Gasteiger partial charge in [0.15, 0.2) is 5.85 Å². The third-order valence-electron chi connectivity index (χ3n) is 1.29. The summed E-state index contributed by atoms with van der Waals surface area (Å²) in [7, 11) is -5.01. The summed E-state index contributed by atoms with van der Waals surface area (Å²) in [6.07, 6.45) is -7.23. The fraction of sp³-hybridized carbons (Fsp3) is 0.800. The van der Waals surface area contributed by atoms with Crippen LogP contribution in [0.15, 0.2) is 0 Å². The molecule has 0 aromatic heterocycles. The Bertz CT molecular complexity index is 283. The van der Waals surface area contributed by atoms with Crippen molar-refractivity contribution < 1.29 is 42.2 Å². The molecule has 0 aliphatic carbocycles. The molecule has 0 aliphatic heterocycles. The van der Waals surface area contributed by atoms with Crippen molar-refractivity contribution in [1.82, 2.24) is 0 Å². The van der Waals surface area contributed by atoms with Crippen molar-refractivity contribution >= 4 is 13.6 Å². The summed E-state index contributed by atoms with van der Waals surface area (Å²) < 4.78 is 48.8. The zero-order valence-electron chi connectivity index (χ0n) is 7.30. The zero-order chi connectivity index (χ0) is 12.4. The molecule has 0 aromatic carbocycles. The molecular formula is C5H8F3O6P. The molecule has 0 rings (SSSR count). The fourth-order valence-electron chi connectivity index (χ4n) is 0.570. The van der Waals surface area contributed by atoms with Crippen molar-refractivity contribution in [3.05, 3.63) is 0 Å². The zero-order valence-corrected chi connectivity index (χ0v) is 8.20. The van der Waals surface area contributed by atoms with Gasteiger partial charge < -0.3 is 19.6 Å². The number of rotatable bonds is 3. The number of hydrogen-bond acceptors (Lipinski definition) is 4. The summed E-state index contributed by atoms with van der Waals surface area (Å²) in [5.74, 6) is -5.11. The van der Waals surface area contributed by atoms with Crippen LogP contribution in [0.3, 0.4) is 0 Å². The Hall–Kier alpha value is -0.630. The normalized spacial score (nSPS) is 17.0. The maximum Gasteiger partial charge on any atom is 0.490 e. The molecule has 10 heteroatoms. The summed E-state index contributed by atoms with van der Waals surface area (Å²) >= 11 is 0. The van der Waals surface area contributed by atoms with E-state index in [0.29, 0.717) is 0 Å². The van der Waals surface area contributed by atoms with Gasteiger partial charge in [-0.3, -0.25) is 4.57 Å². The third kappa shape index (κ3) is 4.61. The van der Waals surface area contributed by atoms with E-state index in [4.69, 9.17) is 14.9 Å². The van der Waals surface area contributed by atoms with Crippen LogP contribution >= 0.6 is 7.60 Å². The number of carbonyl (C=O) groups excluding carboxylic acids is 1. The number of ether oxygens (including phenoxy) is 1. The molecule has 2 atom stereocenters. The second-order valence-electron chi connectivity index (χ2n) is 2.61. The average molecular weight is 252 g/mol. The molecule has 0 amide bonds. The van der Waals surface area contributed by atoms with Gasteiger partial charge in [-0.25, -0.2) is 4.79 Å². The summed E-state index contributed by atoms with van der Waals surface area (Å²) in [6.45, 7) is 0.730. The molecule has 0 saturated carbocycles. The highest BCUT2D eigenvalue weighted by Crippen LogP contribution is 2.42. The van der Waals surface area contributed by atoms with Crippen LogP contribution in [0.25, 0.3) is 0 Å². The minimum atomic E-state index is -5.27. The lowest BCUT2D eigenvalue weighted by atomic mass is 10.4. The first kappa shape index (κ1) is 14.4. The van der Waals surface area contributed by atoms with Gasteiger partial charge in [-0.1, -0.05) is 0 Å². The lowest BCUT2D eigenvalue weighted by Crippen LogP contribution is -2.34. The number of hydrogen-bond donors (Lipinski definition) is 3. The number of carbonyl (C=O) groups is 1. The van der Waals surface area contributed by atoms with Crippen LogP contribution in [0, 0.1) is 0 Å². The van der Waals surface area contributed by atoms with E-state index < -0.39 is 31.7 Å². The Morgan fingerprint density at radius 3 is 2.07 bits per heavy atom. The van der Waals surface area contributed by atoms with Gasteiger partial charge in [-0.2, -0.15) is 13.2 Å². The minimum absolute atomic E-state index is 0.730. The lowest BCUT2D eigenvalue weighted by molar-refractivity contribution is -0.206. The number of alkyl halides is 3. The monoisotopic (exact) mass is 252 g/mol. The van der Waals surface area contributed by atoms with E-state index in [0.717, 1.165) is 6.92 Å². The molecule has 2 unspecified atom stereocenters. The largest absolute Gasteiger partial charge is 0.490 e. The Morgan fingerprint density at radius 1 is 1.40 bits per heavy atom. The molecule has 0 radical (unpaired) electrons. The van der Waals surface area contributed by atoms with E-state index in [1.807, 2.05) is 0 Å². The highest BCUT2D eigenvalue weighted by Gasteiger charge is 2.44. The molecule has 0 fully saturated rings. The standard InChI is InChI=1S/C5H8F3O6P/c1-2(3(9)15(11,12)13)14-4(10)5(6,7)8/h2-3,9H,1H3,(H2,11,12,13). The smallest absolute Gasteiger partial charge is 0.453 e. The van der Waals surface area contributed by atoms with Crippen molar-refractivity contribution in [2.75, 3.05) is 0 Å². The molecule has 3 N–H and O–H groups in total. The summed E-state index contributed by atoms with van der Waals surface area (Å²) in [6, 6.07) is 0. The number of aliphatic hydroxyl groups is 1. The van der Waals surface area contributed by atoms with E-state index in [9.17, 15) is 22.5 Å². The Labute approximate surface area is 81.8 Å². The van der Waals surface area contributed by atoms with Gasteiger partial charge in [-0.15, -0.1) is 0 Å². The quantitative estimate of drug-likeness (QED) is 0.481. The molecule has 0 aliphatic rings. The fourth-order valence-corrected chi connectivity index (χ4v) is 1.18. The summed E-state index contributed by atoms with van der Waals surface area (Å²) in [5.41, 5.74) is 0. The first-order valence-corrected chi connectivity index (χ1v) is 5.15. The Morgan fingerprint density at radius 2 is 1.80 bits per heavy atom. The van der Waals surface area contributed by atoms with Crippen molar-refractivity contribution in [1.29, 1.82) is 0 Å². The van der Waals surface area contributed by atoms with Crippen LogP contribution in [0.2, 0.25) is 0 Å². The highest BCUT2D eigenvalue weighted by molar-refractivity contribution is 7.52. The van der Waals surface area contributed by atoms with Gasteiger partial charge in [0.25, 0.3) is 0 Å². The van der Waals surface area contributed by atoms with Gasteiger partial charge in [0, 0.05) is 0 Å². The maximum atomic E-state index is 11.6. The van der Waals surface area contributed by atoms with Crippen LogP contribution in [0.4, 0.5) is 13.2 Å². The van der Waals surface area contributed by atoms with Crippen LogP contribution in [0.1, 0.15) is 6.92 Å². The number of aliphatic hydroxyl groups excluding tert-OH is 1. The van der Waals surface area contributed by atoms with Gasteiger partial charge in [0.2, 0.25) is 0 Å². The molecular weight excluding hydrogens is 244 g/mol. The van der Waals surface area contributed by atoms with Crippen LogP contribution in [0.5, 0.6) is 0 Å². The first-order valence-electron chi connectivity index (χ1n) is 3.47. The van der Waals surface area contributed by atoms with Gasteiger partial charge in [0.05, 0.1) is 0 Å². The van der Waals surface area contributed by atoms with E-state index in [-0.39, 0.29) is 0 Å². The maximum absolute atomic E-state index is 11.6. The molecule has 0 heterocycles. The van der Waals surface area contributed by atoms with Crippen molar-refractivity contribution in [3.8, 4) is 0 Å². The predicted molar refractivity (Wildman–Crippen MR) is 39.7 cm³/mol. The van der Waals surface area contributed by atoms with E-state index >= 15 is 0 Å². The van der Waals surface area contributed by atoms with E-state index in [1.54, 1.807) is 0 Å². The van der Waals surface area contributed by atoms with Gasteiger partial charge >= 0.3 is 19.7 Å². The second kappa shape index (κ2) is 4.48.